The van der Waals surface area contributed by atoms with E-state index in [1.807, 2.05) is 48.9 Å². The van der Waals surface area contributed by atoms with Gasteiger partial charge in [0.05, 0.1) is 16.7 Å². The van der Waals surface area contributed by atoms with Gasteiger partial charge in [0.2, 0.25) is 11.7 Å². The van der Waals surface area contributed by atoms with Gasteiger partial charge in [-0.25, -0.2) is 0 Å². The number of nitrogens with zero attached hydrogens (tertiary/aromatic N) is 4. The molecule has 3 aromatic rings. The summed E-state index contributed by atoms with van der Waals surface area (Å²) in [6.07, 6.45) is 0.661. The van der Waals surface area contributed by atoms with Crippen LogP contribution >= 0.6 is 15.9 Å². The van der Waals surface area contributed by atoms with Gasteiger partial charge < -0.3 is 4.52 Å². The molecule has 0 fully saturated rings. The third kappa shape index (κ3) is 2.90. The molecule has 0 saturated heterocycles. The monoisotopic (exact) mass is 346 g/mol. The number of halogens is 1. The zero-order valence-electron chi connectivity index (χ0n) is 11.9. The maximum Gasteiger partial charge on any atom is 0.228 e. The van der Waals surface area contributed by atoms with Gasteiger partial charge in [0.15, 0.2) is 0 Å². The Labute approximate surface area is 131 Å². The summed E-state index contributed by atoms with van der Waals surface area (Å²) < 4.78 is 8.31. The van der Waals surface area contributed by atoms with Crippen molar-refractivity contribution in [1.82, 2.24) is 19.9 Å². The second-order valence-corrected chi connectivity index (χ2v) is 5.63. The zero-order chi connectivity index (χ0) is 14.8. The molecular weight excluding hydrogens is 332 g/mol. The average Bonchev–Trinajstić information content (AvgIpc) is 3.07. The molecule has 0 amide bonds. The van der Waals surface area contributed by atoms with E-state index in [1.54, 1.807) is 0 Å². The first-order valence-corrected chi connectivity index (χ1v) is 7.52. The molecule has 21 heavy (non-hydrogen) atoms. The minimum absolute atomic E-state index is 0.623. The quantitative estimate of drug-likeness (QED) is 0.724. The van der Waals surface area contributed by atoms with Crippen molar-refractivity contribution >= 4 is 15.9 Å². The lowest BCUT2D eigenvalue weighted by molar-refractivity contribution is 0.368. The van der Waals surface area contributed by atoms with E-state index in [0.717, 1.165) is 21.4 Å². The predicted molar refractivity (Wildman–Crippen MR) is 82.8 cm³/mol. The lowest BCUT2D eigenvalue weighted by Gasteiger charge is -2.01. The number of rotatable bonds is 4. The normalized spacial score (nSPS) is 11.0. The average molecular weight is 347 g/mol. The van der Waals surface area contributed by atoms with Crippen LogP contribution in [0.1, 0.15) is 17.3 Å². The van der Waals surface area contributed by atoms with Gasteiger partial charge in [-0.2, -0.15) is 10.1 Å². The molecule has 6 heteroatoms. The Bertz CT molecular complexity index is 748. The fourth-order valence-corrected chi connectivity index (χ4v) is 2.44. The fourth-order valence-electron chi connectivity index (χ4n) is 2.16. The molecule has 1 aromatic carbocycles. The van der Waals surface area contributed by atoms with E-state index >= 15 is 0 Å². The Morgan fingerprint density at radius 1 is 1.19 bits per heavy atom. The maximum atomic E-state index is 5.30. The van der Waals surface area contributed by atoms with Crippen molar-refractivity contribution in [2.24, 2.45) is 0 Å². The largest absolute Gasteiger partial charge is 0.339 e. The van der Waals surface area contributed by atoms with Gasteiger partial charge in [0.25, 0.3) is 0 Å². The molecule has 0 radical (unpaired) electrons. The van der Waals surface area contributed by atoms with Gasteiger partial charge in [-0.05, 0) is 29.8 Å². The number of benzene rings is 1. The van der Waals surface area contributed by atoms with Crippen molar-refractivity contribution in [3.63, 3.8) is 0 Å². The predicted octanol–water partition coefficient (Wildman–Crippen LogP) is 3.56. The van der Waals surface area contributed by atoms with Crippen LogP contribution in [-0.4, -0.2) is 19.9 Å². The molecule has 2 aromatic heterocycles. The van der Waals surface area contributed by atoms with E-state index in [4.69, 9.17) is 4.52 Å². The standard InChI is InChI=1S/C15H15BrN4O/c1-10-14(16)11(2)20(18-10)9-8-13-17-15(19-21-13)12-6-4-3-5-7-12/h3-7H,8-9H2,1-2H3. The van der Waals surface area contributed by atoms with Gasteiger partial charge in [-0.15, -0.1) is 0 Å². The van der Waals surface area contributed by atoms with Gasteiger partial charge in [0, 0.05) is 17.7 Å². The maximum absolute atomic E-state index is 5.30. The van der Waals surface area contributed by atoms with Crippen LogP contribution in [-0.2, 0) is 13.0 Å². The first-order chi connectivity index (χ1) is 10.1. The van der Waals surface area contributed by atoms with Crippen LogP contribution in [0.3, 0.4) is 0 Å². The van der Waals surface area contributed by atoms with Crippen LogP contribution in [0, 0.1) is 13.8 Å². The van der Waals surface area contributed by atoms with Crippen molar-refractivity contribution in [2.75, 3.05) is 0 Å². The number of hydrogen-bond donors (Lipinski definition) is 0. The molecule has 0 aliphatic rings. The molecule has 2 heterocycles. The van der Waals surface area contributed by atoms with E-state index in [1.165, 1.54) is 0 Å². The molecule has 0 aliphatic carbocycles. The minimum atomic E-state index is 0.623. The van der Waals surface area contributed by atoms with Crippen LogP contribution < -0.4 is 0 Å². The third-order valence-electron chi connectivity index (χ3n) is 3.33. The van der Waals surface area contributed by atoms with Crippen molar-refractivity contribution in [1.29, 1.82) is 0 Å². The molecule has 0 unspecified atom stereocenters. The summed E-state index contributed by atoms with van der Waals surface area (Å²) in [6.45, 7) is 4.73. The summed E-state index contributed by atoms with van der Waals surface area (Å²) in [5.74, 6) is 1.25. The second-order valence-electron chi connectivity index (χ2n) is 4.84. The van der Waals surface area contributed by atoms with Crippen molar-refractivity contribution in [3.05, 3.63) is 52.1 Å². The molecule has 0 spiro atoms. The fraction of sp³-hybridized carbons (Fsp3) is 0.267. The highest BCUT2D eigenvalue weighted by atomic mass is 79.9. The molecule has 108 valence electrons. The molecule has 0 saturated carbocycles. The molecule has 3 rings (SSSR count). The van der Waals surface area contributed by atoms with Gasteiger partial charge in [-0.3, -0.25) is 4.68 Å². The molecule has 0 bridgehead atoms. The smallest absolute Gasteiger partial charge is 0.228 e. The summed E-state index contributed by atoms with van der Waals surface area (Å²) >= 11 is 3.53. The summed E-state index contributed by atoms with van der Waals surface area (Å²) in [4.78, 5) is 4.42. The Kier molecular flexibility index (Phi) is 3.88. The van der Waals surface area contributed by atoms with E-state index < -0.39 is 0 Å². The first kappa shape index (κ1) is 14.0. The van der Waals surface area contributed by atoms with E-state index in [-0.39, 0.29) is 0 Å². The lowest BCUT2D eigenvalue weighted by Crippen LogP contribution is -2.05. The lowest BCUT2D eigenvalue weighted by atomic mass is 10.2. The van der Waals surface area contributed by atoms with Gasteiger partial charge >= 0.3 is 0 Å². The van der Waals surface area contributed by atoms with Gasteiger partial charge in [0.1, 0.15) is 0 Å². The highest BCUT2D eigenvalue weighted by Gasteiger charge is 2.11. The topological polar surface area (TPSA) is 56.7 Å². The zero-order valence-corrected chi connectivity index (χ0v) is 13.5. The van der Waals surface area contributed by atoms with Crippen molar-refractivity contribution in [3.8, 4) is 11.4 Å². The van der Waals surface area contributed by atoms with Crippen molar-refractivity contribution < 1.29 is 4.52 Å². The molecule has 0 aliphatic heterocycles. The Morgan fingerprint density at radius 2 is 1.95 bits per heavy atom. The number of aryl methyl sites for hydroxylation is 3. The Balaban J connectivity index is 1.72. The Morgan fingerprint density at radius 3 is 2.62 bits per heavy atom. The van der Waals surface area contributed by atoms with E-state index in [9.17, 15) is 0 Å². The summed E-state index contributed by atoms with van der Waals surface area (Å²) in [5.41, 5.74) is 3.06. The molecule has 0 N–H and O–H groups in total. The van der Waals surface area contributed by atoms with Crippen LogP contribution in [0.4, 0.5) is 0 Å². The van der Waals surface area contributed by atoms with E-state index in [2.05, 4.69) is 31.2 Å². The molecule has 0 atom stereocenters. The van der Waals surface area contributed by atoms with Crippen LogP contribution in [0.5, 0.6) is 0 Å². The van der Waals surface area contributed by atoms with Crippen LogP contribution in [0.25, 0.3) is 11.4 Å². The summed E-state index contributed by atoms with van der Waals surface area (Å²) in [7, 11) is 0. The van der Waals surface area contributed by atoms with Crippen LogP contribution in [0.15, 0.2) is 39.3 Å². The minimum Gasteiger partial charge on any atom is -0.339 e. The highest BCUT2D eigenvalue weighted by molar-refractivity contribution is 9.10. The SMILES string of the molecule is Cc1nn(CCc2nc(-c3ccccc3)no2)c(C)c1Br. The first-order valence-electron chi connectivity index (χ1n) is 6.72. The summed E-state index contributed by atoms with van der Waals surface area (Å²) in [6, 6.07) is 9.81. The van der Waals surface area contributed by atoms with Gasteiger partial charge in [-0.1, -0.05) is 35.5 Å². The molecular formula is C15H15BrN4O. The summed E-state index contributed by atoms with van der Waals surface area (Å²) in [5, 5.41) is 8.49. The number of hydrogen-bond acceptors (Lipinski definition) is 4. The van der Waals surface area contributed by atoms with Crippen molar-refractivity contribution in [2.45, 2.75) is 26.8 Å². The van der Waals surface area contributed by atoms with Crippen LogP contribution in [0.2, 0.25) is 0 Å². The second kappa shape index (κ2) is 5.81. The Hall–Kier alpha value is -1.95. The highest BCUT2D eigenvalue weighted by Crippen LogP contribution is 2.20. The molecule has 5 nitrogen and oxygen atoms in total. The third-order valence-corrected chi connectivity index (χ3v) is 4.48. The van der Waals surface area contributed by atoms with E-state index in [0.29, 0.717) is 24.7 Å². The number of aromatic nitrogens is 4.